The molecule has 3 heterocycles. The van der Waals surface area contributed by atoms with Gasteiger partial charge < -0.3 is 14.5 Å². The highest BCUT2D eigenvalue weighted by molar-refractivity contribution is 7.17. The first-order chi connectivity index (χ1) is 11.7. The number of rotatable bonds is 4. The van der Waals surface area contributed by atoms with Crippen LogP contribution in [0.5, 0.6) is 0 Å². The molecule has 0 aliphatic carbocycles. The third-order valence-corrected chi connectivity index (χ3v) is 4.86. The summed E-state index contributed by atoms with van der Waals surface area (Å²) in [5.74, 6) is -0.0966. The van der Waals surface area contributed by atoms with Crippen LogP contribution in [0.2, 0.25) is 0 Å². The zero-order chi connectivity index (χ0) is 16.5. The number of carbonyl (C=O) groups is 1. The molecular formula is C18H16N4OS. The molecule has 0 saturated carbocycles. The van der Waals surface area contributed by atoms with E-state index in [1.54, 1.807) is 23.9 Å². The lowest BCUT2D eigenvalue weighted by Crippen LogP contribution is -2.15. The number of nitrogens with zero attached hydrogens (tertiary/aromatic N) is 3. The number of thiophene rings is 1. The van der Waals surface area contributed by atoms with Gasteiger partial charge in [-0.1, -0.05) is 12.1 Å². The predicted octanol–water partition coefficient (Wildman–Crippen LogP) is 3.74. The van der Waals surface area contributed by atoms with Crippen molar-refractivity contribution in [3.63, 3.8) is 0 Å². The summed E-state index contributed by atoms with van der Waals surface area (Å²) in [5.41, 5.74) is 3.65. The molecule has 0 fully saturated rings. The second kappa shape index (κ2) is 5.98. The Hall–Kier alpha value is -2.86. The van der Waals surface area contributed by atoms with E-state index >= 15 is 0 Å². The van der Waals surface area contributed by atoms with Gasteiger partial charge >= 0.3 is 0 Å². The summed E-state index contributed by atoms with van der Waals surface area (Å²) in [6.45, 7) is 0.726. The number of nitrogens with one attached hydrogen (secondary N) is 1. The number of benzene rings is 1. The van der Waals surface area contributed by atoms with Gasteiger partial charge in [0.25, 0.3) is 5.91 Å². The van der Waals surface area contributed by atoms with Crippen molar-refractivity contribution < 1.29 is 4.79 Å². The Morgan fingerprint density at radius 1 is 1.29 bits per heavy atom. The fourth-order valence-electron chi connectivity index (χ4n) is 2.80. The predicted molar refractivity (Wildman–Crippen MR) is 96.5 cm³/mol. The van der Waals surface area contributed by atoms with Crippen molar-refractivity contribution in [2.75, 3.05) is 5.32 Å². The van der Waals surface area contributed by atoms with E-state index in [9.17, 15) is 4.79 Å². The molecule has 120 valence electrons. The first-order valence-corrected chi connectivity index (χ1v) is 8.47. The van der Waals surface area contributed by atoms with Gasteiger partial charge in [-0.2, -0.15) is 0 Å². The highest BCUT2D eigenvalue weighted by atomic mass is 32.1. The molecule has 3 aromatic heterocycles. The maximum atomic E-state index is 12.6. The summed E-state index contributed by atoms with van der Waals surface area (Å²) in [4.78, 5) is 16.6. The summed E-state index contributed by atoms with van der Waals surface area (Å²) in [6, 6.07) is 11.8. The van der Waals surface area contributed by atoms with Crippen molar-refractivity contribution >= 4 is 33.1 Å². The molecule has 4 aromatic rings. The first kappa shape index (κ1) is 14.7. The van der Waals surface area contributed by atoms with Crippen molar-refractivity contribution in [3.05, 3.63) is 71.8 Å². The Kier molecular flexibility index (Phi) is 3.66. The molecule has 0 unspecified atom stereocenters. The topological polar surface area (TPSA) is 51.9 Å². The lowest BCUT2D eigenvalue weighted by atomic mass is 10.2. The van der Waals surface area contributed by atoms with Crippen LogP contribution in [0.1, 0.15) is 16.1 Å². The minimum absolute atomic E-state index is 0.0966. The van der Waals surface area contributed by atoms with Crippen LogP contribution in [0.3, 0.4) is 0 Å². The number of hydrogen-bond donors (Lipinski definition) is 1. The zero-order valence-electron chi connectivity index (χ0n) is 13.1. The van der Waals surface area contributed by atoms with E-state index < -0.39 is 0 Å². The second-order valence-electron chi connectivity index (χ2n) is 5.65. The molecule has 0 aliphatic rings. The molecule has 6 heteroatoms. The molecule has 1 aromatic carbocycles. The molecule has 0 spiro atoms. The molecule has 0 atom stereocenters. The van der Waals surface area contributed by atoms with Gasteiger partial charge in [-0.05, 0) is 35.2 Å². The largest absolute Gasteiger partial charge is 0.339 e. The molecule has 4 rings (SSSR count). The second-order valence-corrected chi connectivity index (χ2v) is 6.60. The summed E-state index contributed by atoms with van der Waals surface area (Å²) < 4.78 is 5.04. The minimum Gasteiger partial charge on any atom is -0.339 e. The van der Waals surface area contributed by atoms with E-state index in [1.807, 2.05) is 64.2 Å². The highest BCUT2D eigenvalue weighted by Gasteiger charge is 2.14. The number of imidazole rings is 1. The highest BCUT2D eigenvalue weighted by Crippen LogP contribution is 2.24. The third-order valence-electron chi connectivity index (χ3n) is 4.01. The number of fused-ring (bicyclic) bond motifs is 1. The third kappa shape index (κ3) is 2.72. The Morgan fingerprint density at radius 2 is 2.21 bits per heavy atom. The van der Waals surface area contributed by atoms with Crippen molar-refractivity contribution in [2.24, 2.45) is 7.05 Å². The Morgan fingerprint density at radius 3 is 3.00 bits per heavy atom. The minimum atomic E-state index is -0.0966. The van der Waals surface area contributed by atoms with Crippen molar-refractivity contribution in [1.29, 1.82) is 0 Å². The van der Waals surface area contributed by atoms with Crippen LogP contribution in [-0.4, -0.2) is 20.0 Å². The number of aromatic nitrogens is 3. The maximum Gasteiger partial charge on any atom is 0.272 e. The van der Waals surface area contributed by atoms with Gasteiger partial charge in [0, 0.05) is 31.7 Å². The van der Waals surface area contributed by atoms with Gasteiger partial charge in [-0.3, -0.25) is 4.79 Å². The standard InChI is InChI=1S/C18H16N4OS/c1-21-15-5-8-24-17(15)10-16(21)18(23)20-14-4-2-3-13(9-14)11-22-7-6-19-12-22/h2-10,12H,11H2,1H3,(H,20,23). The molecule has 0 saturated heterocycles. The van der Waals surface area contributed by atoms with Gasteiger partial charge in [0.2, 0.25) is 0 Å². The van der Waals surface area contributed by atoms with Crippen LogP contribution in [-0.2, 0) is 13.6 Å². The van der Waals surface area contributed by atoms with Gasteiger partial charge in [0.15, 0.2) is 0 Å². The number of hydrogen-bond acceptors (Lipinski definition) is 3. The van der Waals surface area contributed by atoms with Crippen LogP contribution in [0.4, 0.5) is 5.69 Å². The number of anilines is 1. The molecule has 1 amide bonds. The van der Waals surface area contributed by atoms with Crippen molar-refractivity contribution in [3.8, 4) is 0 Å². The summed E-state index contributed by atoms with van der Waals surface area (Å²) in [7, 11) is 1.92. The quantitative estimate of drug-likeness (QED) is 0.617. The smallest absolute Gasteiger partial charge is 0.272 e. The maximum absolute atomic E-state index is 12.6. The first-order valence-electron chi connectivity index (χ1n) is 7.60. The molecule has 0 radical (unpaired) electrons. The number of amides is 1. The van der Waals surface area contributed by atoms with Crippen LogP contribution >= 0.6 is 11.3 Å². The molecular weight excluding hydrogens is 320 g/mol. The van der Waals surface area contributed by atoms with Crippen LogP contribution < -0.4 is 5.32 Å². The molecule has 0 aliphatic heterocycles. The van der Waals surface area contributed by atoms with E-state index in [0.29, 0.717) is 5.69 Å². The SMILES string of the molecule is Cn1c(C(=O)Nc2cccc(Cn3ccnc3)c2)cc2sccc21. The van der Waals surface area contributed by atoms with Crippen LogP contribution in [0, 0.1) is 0 Å². The monoisotopic (exact) mass is 336 g/mol. The van der Waals surface area contributed by atoms with Gasteiger partial charge in [-0.15, -0.1) is 11.3 Å². The number of aryl methyl sites for hydroxylation is 1. The van der Waals surface area contributed by atoms with E-state index in [4.69, 9.17) is 0 Å². The van der Waals surface area contributed by atoms with E-state index in [-0.39, 0.29) is 5.91 Å². The summed E-state index contributed by atoms with van der Waals surface area (Å²) in [5, 5.41) is 5.02. The fraction of sp³-hybridized carbons (Fsp3) is 0.111. The van der Waals surface area contributed by atoms with E-state index in [0.717, 1.165) is 28.0 Å². The molecule has 5 nitrogen and oxygen atoms in total. The lowest BCUT2D eigenvalue weighted by Gasteiger charge is -2.09. The summed E-state index contributed by atoms with van der Waals surface area (Å²) >= 11 is 1.64. The molecule has 1 N–H and O–H groups in total. The normalized spacial score (nSPS) is 11.0. The Balaban J connectivity index is 1.55. The van der Waals surface area contributed by atoms with Gasteiger partial charge in [-0.25, -0.2) is 4.98 Å². The fourth-order valence-corrected chi connectivity index (χ4v) is 3.65. The average Bonchev–Trinajstić information content (AvgIpc) is 3.27. The van der Waals surface area contributed by atoms with Crippen LogP contribution in [0.15, 0.2) is 60.5 Å². The lowest BCUT2D eigenvalue weighted by molar-refractivity contribution is 0.102. The van der Waals surface area contributed by atoms with Gasteiger partial charge in [0.05, 0.1) is 16.5 Å². The molecule has 0 bridgehead atoms. The Bertz CT molecular complexity index is 997. The summed E-state index contributed by atoms with van der Waals surface area (Å²) in [6.07, 6.45) is 5.45. The molecule has 24 heavy (non-hydrogen) atoms. The number of carbonyl (C=O) groups excluding carboxylic acids is 1. The van der Waals surface area contributed by atoms with Crippen LogP contribution in [0.25, 0.3) is 10.2 Å². The van der Waals surface area contributed by atoms with E-state index in [1.165, 1.54) is 0 Å². The van der Waals surface area contributed by atoms with Crippen molar-refractivity contribution in [1.82, 2.24) is 14.1 Å². The Labute approximate surface area is 143 Å². The van der Waals surface area contributed by atoms with Crippen molar-refractivity contribution in [2.45, 2.75) is 6.54 Å². The van der Waals surface area contributed by atoms with Gasteiger partial charge in [0.1, 0.15) is 5.69 Å². The average molecular weight is 336 g/mol. The zero-order valence-corrected chi connectivity index (χ0v) is 14.0. The van der Waals surface area contributed by atoms with E-state index in [2.05, 4.69) is 10.3 Å².